The van der Waals surface area contributed by atoms with Gasteiger partial charge in [-0.05, 0) is 29.9 Å². The van der Waals surface area contributed by atoms with Gasteiger partial charge in [0.15, 0.2) is 0 Å². The van der Waals surface area contributed by atoms with Crippen molar-refractivity contribution in [3.63, 3.8) is 0 Å². The second-order valence-corrected chi connectivity index (χ2v) is 5.39. The van der Waals surface area contributed by atoms with E-state index in [0.29, 0.717) is 6.07 Å². The SMILES string of the molecule is Fc1ccc(CNC2CCSC2)c(C(F)(F)F)c1. The first kappa shape index (κ1) is 13.7. The summed E-state index contributed by atoms with van der Waals surface area (Å²) in [5, 5.41) is 3.09. The average Bonchev–Trinajstić information content (AvgIpc) is 2.79. The summed E-state index contributed by atoms with van der Waals surface area (Å²) < 4.78 is 51.1. The largest absolute Gasteiger partial charge is 0.416 e. The number of rotatable bonds is 3. The summed E-state index contributed by atoms with van der Waals surface area (Å²) in [6, 6.07) is 3.07. The number of thioether (sulfide) groups is 1. The van der Waals surface area contributed by atoms with E-state index in [1.165, 1.54) is 6.07 Å². The Bertz CT molecular complexity index is 413. The molecule has 0 bridgehead atoms. The fourth-order valence-electron chi connectivity index (χ4n) is 1.92. The van der Waals surface area contributed by atoms with Crippen molar-refractivity contribution in [1.29, 1.82) is 0 Å². The van der Waals surface area contributed by atoms with Crippen LogP contribution in [0.5, 0.6) is 0 Å². The lowest BCUT2D eigenvalue weighted by Crippen LogP contribution is -2.29. The van der Waals surface area contributed by atoms with E-state index in [0.717, 1.165) is 24.0 Å². The van der Waals surface area contributed by atoms with E-state index in [1.807, 2.05) is 0 Å². The first-order valence-electron chi connectivity index (χ1n) is 5.63. The van der Waals surface area contributed by atoms with Crippen LogP contribution >= 0.6 is 11.8 Å². The first-order valence-corrected chi connectivity index (χ1v) is 6.79. The standard InChI is InChI=1S/C12H13F4NS/c13-9-2-1-8(11(5-9)12(14,15)16)6-17-10-3-4-18-7-10/h1-2,5,10,17H,3-4,6-7H2. The monoisotopic (exact) mass is 279 g/mol. The number of hydrogen-bond donors (Lipinski definition) is 1. The molecule has 0 radical (unpaired) electrons. The second kappa shape index (κ2) is 5.48. The highest BCUT2D eigenvalue weighted by Gasteiger charge is 2.33. The van der Waals surface area contributed by atoms with Crippen molar-refractivity contribution in [1.82, 2.24) is 5.32 Å². The maximum atomic E-state index is 12.9. The van der Waals surface area contributed by atoms with Gasteiger partial charge >= 0.3 is 6.18 Å². The molecule has 0 aromatic heterocycles. The summed E-state index contributed by atoms with van der Waals surface area (Å²) in [5.41, 5.74) is -0.790. The van der Waals surface area contributed by atoms with Gasteiger partial charge in [0, 0.05) is 18.3 Å². The molecular formula is C12H13F4NS. The molecule has 1 fully saturated rings. The lowest BCUT2D eigenvalue weighted by molar-refractivity contribution is -0.138. The molecule has 1 N–H and O–H groups in total. The van der Waals surface area contributed by atoms with Crippen LogP contribution in [-0.2, 0) is 12.7 Å². The van der Waals surface area contributed by atoms with Crippen LogP contribution in [0.15, 0.2) is 18.2 Å². The van der Waals surface area contributed by atoms with Crippen LogP contribution in [0.25, 0.3) is 0 Å². The molecule has 1 heterocycles. The molecule has 1 atom stereocenters. The van der Waals surface area contributed by atoms with Crippen LogP contribution in [0, 0.1) is 5.82 Å². The van der Waals surface area contributed by atoms with Gasteiger partial charge in [0.2, 0.25) is 0 Å². The number of alkyl halides is 3. The Morgan fingerprint density at radius 3 is 2.72 bits per heavy atom. The van der Waals surface area contributed by atoms with Gasteiger partial charge in [-0.3, -0.25) is 0 Å². The van der Waals surface area contributed by atoms with Gasteiger partial charge in [0.05, 0.1) is 5.56 Å². The zero-order valence-electron chi connectivity index (χ0n) is 9.56. The Morgan fingerprint density at radius 2 is 2.11 bits per heavy atom. The average molecular weight is 279 g/mol. The molecule has 1 nitrogen and oxygen atoms in total. The van der Waals surface area contributed by atoms with Gasteiger partial charge in [-0.2, -0.15) is 24.9 Å². The van der Waals surface area contributed by atoms with Gasteiger partial charge in [-0.25, -0.2) is 4.39 Å². The molecule has 1 aliphatic heterocycles. The van der Waals surface area contributed by atoms with Crippen molar-refractivity contribution in [3.8, 4) is 0 Å². The Morgan fingerprint density at radius 1 is 1.33 bits per heavy atom. The summed E-state index contributed by atoms with van der Waals surface area (Å²) in [6.45, 7) is 0.125. The van der Waals surface area contributed by atoms with Crippen LogP contribution in [0.3, 0.4) is 0 Å². The minimum Gasteiger partial charge on any atom is -0.309 e. The third-order valence-corrected chi connectivity index (χ3v) is 4.05. The number of hydrogen-bond acceptors (Lipinski definition) is 2. The molecule has 0 spiro atoms. The van der Waals surface area contributed by atoms with E-state index in [4.69, 9.17) is 0 Å². The molecule has 1 aromatic rings. The van der Waals surface area contributed by atoms with Gasteiger partial charge in [0.1, 0.15) is 5.82 Å². The van der Waals surface area contributed by atoms with E-state index in [-0.39, 0.29) is 18.2 Å². The van der Waals surface area contributed by atoms with Crippen molar-refractivity contribution in [2.75, 3.05) is 11.5 Å². The lowest BCUT2D eigenvalue weighted by atomic mass is 10.1. The Kier molecular flexibility index (Phi) is 4.17. The highest BCUT2D eigenvalue weighted by molar-refractivity contribution is 7.99. The Balaban J connectivity index is 2.11. The van der Waals surface area contributed by atoms with Gasteiger partial charge < -0.3 is 5.32 Å². The van der Waals surface area contributed by atoms with Crippen molar-refractivity contribution >= 4 is 11.8 Å². The predicted molar refractivity (Wildman–Crippen MR) is 64.0 cm³/mol. The molecule has 6 heteroatoms. The van der Waals surface area contributed by atoms with Crippen molar-refractivity contribution in [3.05, 3.63) is 35.1 Å². The zero-order valence-corrected chi connectivity index (χ0v) is 10.4. The van der Waals surface area contributed by atoms with Crippen molar-refractivity contribution in [2.45, 2.75) is 25.2 Å². The van der Waals surface area contributed by atoms with Crippen LogP contribution < -0.4 is 5.32 Å². The van der Waals surface area contributed by atoms with E-state index in [1.54, 1.807) is 11.8 Å². The normalized spacial score (nSPS) is 20.3. The van der Waals surface area contributed by atoms with Crippen molar-refractivity contribution < 1.29 is 17.6 Å². The zero-order chi connectivity index (χ0) is 13.2. The van der Waals surface area contributed by atoms with Crippen LogP contribution in [0.2, 0.25) is 0 Å². The fraction of sp³-hybridized carbons (Fsp3) is 0.500. The molecule has 18 heavy (non-hydrogen) atoms. The third-order valence-electron chi connectivity index (χ3n) is 2.89. The molecule has 0 amide bonds. The lowest BCUT2D eigenvalue weighted by Gasteiger charge is -2.16. The number of nitrogens with one attached hydrogen (secondary N) is 1. The summed E-state index contributed by atoms with van der Waals surface area (Å²) in [4.78, 5) is 0. The maximum absolute atomic E-state index is 12.9. The molecular weight excluding hydrogens is 266 g/mol. The van der Waals surface area contributed by atoms with Gasteiger partial charge in [-0.1, -0.05) is 6.07 Å². The molecule has 1 aromatic carbocycles. The molecule has 0 aliphatic carbocycles. The molecule has 0 saturated carbocycles. The van der Waals surface area contributed by atoms with Gasteiger partial charge in [0.25, 0.3) is 0 Å². The van der Waals surface area contributed by atoms with Crippen LogP contribution in [-0.4, -0.2) is 17.5 Å². The summed E-state index contributed by atoms with van der Waals surface area (Å²) in [6.07, 6.45) is -3.54. The summed E-state index contributed by atoms with van der Waals surface area (Å²) in [7, 11) is 0. The Hall–Kier alpha value is -0.750. The smallest absolute Gasteiger partial charge is 0.309 e. The number of halogens is 4. The third kappa shape index (κ3) is 3.38. The molecule has 1 aliphatic rings. The molecule has 2 rings (SSSR count). The fourth-order valence-corrected chi connectivity index (χ4v) is 3.10. The molecule has 1 unspecified atom stereocenters. The molecule has 100 valence electrons. The summed E-state index contributed by atoms with van der Waals surface area (Å²) >= 11 is 1.78. The van der Waals surface area contributed by atoms with E-state index in [9.17, 15) is 17.6 Å². The molecule has 1 saturated heterocycles. The first-order chi connectivity index (χ1) is 8.47. The van der Waals surface area contributed by atoms with E-state index < -0.39 is 17.6 Å². The van der Waals surface area contributed by atoms with Crippen molar-refractivity contribution in [2.24, 2.45) is 0 Å². The predicted octanol–water partition coefficient (Wildman–Crippen LogP) is 3.44. The number of benzene rings is 1. The summed E-state index contributed by atoms with van der Waals surface area (Å²) in [5.74, 6) is 1.10. The topological polar surface area (TPSA) is 12.0 Å². The van der Waals surface area contributed by atoms with Crippen LogP contribution in [0.4, 0.5) is 17.6 Å². The highest BCUT2D eigenvalue weighted by atomic mass is 32.2. The Labute approximate surface area is 107 Å². The van der Waals surface area contributed by atoms with Crippen LogP contribution in [0.1, 0.15) is 17.5 Å². The van der Waals surface area contributed by atoms with E-state index in [2.05, 4.69) is 5.32 Å². The highest BCUT2D eigenvalue weighted by Crippen LogP contribution is 2.32. The second-order valence-electron chi connectivity index (χ2n) is 4.24. The minimum atomic E-state index is -4.51. The maximum Gasteiger partial charge on any atom is 0.416 e. The minimum absolute atomic E-state index is 0.0980. The quantitative estimate of drug-likeness (QED) is 0.851. The van der Waals surface area contributed by atoms with E-state index >= 15 is 0 Å². The van der Waals surface area contributed by atoms with Gasteiger partial charge in [-0.15, -0.1) is 0 Å².